The van der Waals surface area contributed by atoms with Crippen molar-refractivity contribution >= 4 is 11.9 Å². The van der Waals surface area contributed by atoms with E-state index in [0.717, 1.165) is 12.8 Å². The Balaban J connectivity index is 0. The number of rotatable bonds is 2. The van der Waals surface area contributed by atoms with Gasteiger partial charge in [-0.2, -0.15) is 0 Å². The molecule has 1 rings (SSSR count). The summed E-state index contributed by atoms with van der Waals surface area (Å²) in [5, 5.41) is 21.3. The van der Waals surface area contributed by atoms with Gasteiger partial charge in [0.15, 0.2) is 0 Å². The fraction of sp³-hybridized carbons (Fsp3) is 0.778. The minimum absolute atomic E-state index is 0. The van der Waals surface area contributed by atoms with Gasteiger partial charge in [-0.15, -0.1) is 0 Å². The van der Waals surface area contributed by atoms with Crippen LogP contribution in [0.25, 0.3) is 0 Å². The van der Waals surface area contributed by atoms with Crippen LogP contribution in [0.5, 0.6) is 0 Å². The molecule has 3 unspecified atom stereocenters. The summed E-state index contributed by atoms with van der Waals surface area (Å²) in [7, 11) is 0. The maximum Gasteiger partial charge on any atom is 1.00 e. The minimum Gasteiger partial charge on any atom is -0.550 e. The summed E-state index contributed by atoms with van der Waals surface area (Å²) in [6, 6.07) is 0. The molecule has 0 amide bonds. The third-order valence-electron chi connectivity index (χ3n) is 2.80. The van der Waals surface area contributed by atoms with Crippen molar-refractivity contribution in [1.82, 2.24) is 0 Å². The van der Waals surface area contributed by atoms with E-state index in [9.17, 15) is 19.8 Å². The molecule has 15 heavy (non-hydrogen) atoms. The van der Waals surface area contributed by atoms with Crippen molar-refractivity contribution in [1.29, 1.82) is 0 Å². The number of hydrogen-bond acceptors (Lipinski definition) is 4. The molecule has 3 atom stereocenters. The van der Waals surface area contributed by atoms with E-state index in [-0.39, 0.29) is 43.6 Å². The van der Waals surface area contributed by atoms with Crippen LogP contribution in [0.15, 0.2) is 0 Å². The van der Waals surface area contributed by atoms with Gasteiger partial charge in [-0.1, -0.05) is 19.8 Å². The Hall–Kier alpha value is 0.135. The summed E-state index contributed by atoms with van der Waals surface area (Å²) in [6.45, 7) is 1.75. The third-order valence-corrected chi connectivity index (χ3v) is 2.80. The van der Waals surface area contributed by atoms with Crippen LogP contribution in [0.4, 0.5) is 0 Å². The number of carboxylic acids is 2. The van der Waals surface area contributed by atoms with Gasteiger partial charge in [-0.25, -0.2) is 0 Å². The number of hydrogen-bond donors (Lipinski definition) is 0. The molecule has 1 aliphatic rings. The number of aliphatic carboxylic acids is 2. The Bertz CT molecular complexity index is 232. The Labute approximate surface area is 113 Å². The second-order valence-electron chi connectivity index (χ2n) is 3.68. The van der Waals surface area contributed by atoms with E-state index in [0.29, 0.717) is 6.42 Å². The summed E-state index contributed by atoms with van der Waals surface area (Å²) in [6.07, 6.45) is 1.90. The Morgan fingerprint density at radius 3 is 1.93 bits per heavy atom. The van der Waals surface area contributed by atoms with Gasteiger partial charge < -0.3 is 19.8 Å². The molecule has 0 bridgehead atoms. The van der Waals surface area contributed by atoms with E-state index >= 15 is 0 Å². The molecule has 0 heterocycles. The first kappa shape index (κ1) is 17.5. The molecule has 74 valence electrons. The van der Waals surface area contributed by atoms with Crippen LogP contribution in [0, 0.1) is 17.8 Å². The van der Waals surface area contributed by atoms with Crippen LogP contribution in [-0.4, -0.2) is 11.9 Å². The number of carbonyl (C=O) groups excluding carboxylic acids is 2. The maximum atomic E-state index is 10.7. The van der Waals surface area contributed by atoms with Crippen LogP contribution < -0.4 is 47.9 Å². The second kappa shape index (κ2) is 7.42. The van der Waals surface area contributed by atoms with Crippen LogP contribution in [-0.2, 0) is 9.59 Å². The van der Waals surface area contributed by atoms with Gasteiger partial charge in [0.25, 0.3) is 0 Å². The molecule has 0 radical (unpaired) electrons. The van der Waals surface area contributed by atoms with Crippen molar-refractivity contribution in [3.63, 3.8) is 0 Å². The summed E-state index contributed by atoms with van der Waals surface area (Å²) in [5.74, 6) is -4.39. The van der Waals surface area contributed by atoms with Crippen LogP contribution in [0.3, 0.4) is 0 Å². The molecular weight excluding hydrogens is 186 g/mol. The molecule has 0 saturated heterocycles. The predicted molar refractivity (Wildman–Crippen MR) is 40.0 cm³/mol. The molecular formula is C9H12Li2O4. The summed E-state index contributed by atoms with van der Waals surface area (Å²) in [5.41, 5.74) is 0. The fourth-order valence-electron chi connectivity index (χ4n) is 2.08. The van der Waals surface area contributed by atoms with Crippen molar-refractivity contribution < 1.29 is 57.5 Å². The largest absolute Gasteiger partial charge is 1.00 e. The van der Waals surface area contributed by atoms with Gasteiger partial charge in [-0.05, 0) is 12.3 Å². The summed E-state index contributed by atoms with van der Waals surface area (Å²) >= 11 is 0. The second-order valence-corrected chi connectivity index (χ2v) is 3.68. The first-order chi connectivity index (χ1) is 6.04. The average Bonchev–Trinajstić information content (AvgIpc) is 2.02. The molecule has 0 aromatic carbocycles. The quantitative estimate of drug-likeness (QED) is 0.413. The molecule has 0 N–H and O–H groups in total. The smallest absolute Gasteiger partial charge is 0.550 e. The van der Waals surface area contributed by atoms with Gasteiger partial charge in [-0.3, -0.25) is 0 Å². The van der Waals surface area contributed by atoms with E-state index in [4.69, 9.17) is 0 Å². The number of carbonyl (C=O) groups is 2. The van der Waals surface area contributed by atoms with Crippen molar-refractivity contribution in [3.05, 3.63) is 0 Å². The molecule has 0 aliphatic heterocycles. The zero-order valence-electron chi connectivity index (χ0n) is 9.49. The van der Waals surface area contributed by atoms with E-state index in [1.165, 1.54) is 0 Å². The van der Waals surface area contributed by atoms with Crippen LogP contribution >= 0.6 is 0 Å². The fourth-order valence-corrected chi connectivity index (χ4v) is 2.08. The zero-order valence-corrected chi connectivity index (χ0v) is 9.49. The van der Waals surface area contributed by atoms with E-state index < -0.39 is 23.8 Å². The zero-order chi connectivity index (χ0) is 10.0. The Kier molecular flexibility index (Phi) is 8.66. The Morgan fingerprint density at radius 1 is 1.07 bits per heavy atom. The predicted octanol–water partition coefficient (Wildman–Crippen LogP) is -7.45. The van der Waals surface area contributed by atoms with Gasteiger partial charge >= 0.3 is 37.7 Å². The number of carboxylic acid groups (broad SMARTS) is 2. The van der Waals surface area contributed by atoms with E-state index in [1.807, 2.05) is 0 Å². The molecule has 1 aliphatic carbocycles. The van der Waals surface area contributed by atoms with Gasteiger partial charge in [0.1, 0.15) is 0 Å². The molecule has 1 fully saturated rings. The molecule has 4 nitrogen and oxygen atoms in total. The van der Waals surface area contributed by atoms with E-state index in [2.05, 4.69) is 0 Å². The van der Waals surface area contributed by atoms with Gasteiger partial charge in [0.2, 0.25) is 0 Å². The minimum atomic E-state index is -1.26. The standard InChI is InChI=1S/C9H14O4.2Li/c1-5-3-2-4-6(8(10)11)7(5)9(12)13;;/h5-7H,2-4H2,1H3,(H,10,11)(H,12,13);;/q;2*+1/p-2. The molecule has 6 heteroatoms. The van der Waals surface area contributed by atoms with Crippen molar-refractivity contribution in [2.24, 2.45) is 17.8 Å². The summed E-state index contributed by atoms with van der Waals surface area (Å²) in [4.78, 5) is 21.3. The molecule has 1 saturated carbocycles. The first-order valence-electron chi connectivity index (χ1n) is 4.45. The normalized spacial score (nSPS) is 29.5. The maximum absolute atomic E-state index is 10.7. The molecule has 0 aromatic rings. The molecule has 0 spiro atoms. The van der Waals surface area contributed by atoms with E-state index in [1.54, 1.807) is 6.92 Å². The van der Waals surface area contributed by atoms with Crippen molar-refractivity contribution in [3.8, 4) is 0 Å². The average molecular weight is 198 g/mol. The van der Waals surface area contributed by atoms with Crippen molar-refractivity contribution in [2.45, 2.75) is 26.2 Å². The first-order valence-corrected chi connectivity index (χ1v) is 4.45. The van der Waals surface area contributed by atoms with Crippen LogP contribution in [0.1, 0.15) is 26.2 Å². The molecule has 0 aromatic heterocycles. The summed E-state index contributed by atoms with van der Waals surface area (Å²) < 4.78 is 0. The van der Waals surface area contributed by atoms with Crippen molar-refractivity contribution in [2.75, 3.05) is 0 Å². The van der Waals surface area contributed by atoms with Crippen LogP contribution in [0.2, 0.25) is 0 Å². The van der Waals surface area contributed by atoms with Gasteiger partial charge in [0, 0.05) is 23.8 Å². The Morgan fingerprint density at radius 2 is 1.60 bits per heavy atom. The topological polar surface area (TPSA) is 80.3 Å². The third kappa shape index (κ3) is 4.25. The van der Waals surface area contributed by atoms with Gasteiger partial charge in [0.05, 0.1) is 0 Å². The SMILES string of the molecule is CC1CCCC(C(=O)[O-])C1C(=O)[O-].[Li+].[Li+]. The monoisotopic (exact) mass is 198 g/mol.